The smallest absolute Gasteiger partial charge is 0.223 e. The number of piperazine rings is 1. The predicted octanol–water partition coefficient (Wildman–Crippen LogP) is 2.59. The van der Waals surface area contributed by atoms with Crippen molar-refractivity contribution in [3.05, 3.63) is 53.1 Å². The number of hydrogen-bond donors (Lipinski definition) is 1. The molecule has 1 aliphatic heterocycles. The average molecular weight is 391 g/mol. The van der Waals surface area contributed by atoms with Crippen molar-refractivity contribution in [3.8, 4) is 0 Å². The Morgan fingerprint density at radius 2 is 2.00 bits per heavy atom. The van der Waals surface area contributed by atoms with Gasteiger partial charge in [0.05, 0.1) is 0 Å². The first-order valence-electron chi connectivity index (χ1n) is 9.05. The van der Waals surface area contributed by atoms with Gasteiger partial charge in [-0.05, 0) is 31.0 Å². The van der Waals surface area contributed by atoms with E-state index < -0.39 is 0 Å². The summed E-state index contributed by atoms with van der Waals surface area (Å²) in [6.07, 6.45) is 4.09. The SMILES string of the molecule is Cc1ccc(C(=O)CCC(=O)N2CCNCC2c2nccn2C)cc1C.Cl. The number of hydrogen-bond acceptors (Lipinski definition) is 4. The van der Waals surface area contributed by atoms with Crippen molar-refractivity contribution in [2.45, 2.75) is 32.7 Å². The minimum absolute atomic E-state index is 0. The van der Waals surface area contributed by atoms with E-state index in [2.05, 4.69) is 10.3 Å². The second-order valence-corrected chi connectivity index (χ2v) is 6.93. The van der Waals surface area contributed by atoms with Crippen molar-refractivity contribution in [2.75, 3.05) is 19.6 Å². The highest BCUT2D eigenvalue weighted by Gasteiger charge is 2.30. The van der Waals surface area contributed by atoms with E-state index in [9.17, 15) is 9.59 Å². The van der Waals surface area contributed by atoms with Gasteiger partial charge in [0.15, 0.2) is 5.78 Å². The highest BCUT2D eigenvalue weighted by atomic mass is 35.5. The van der Waals surface area contributed by atoms with Gasteiger partial charge in [-0.3, -0.25) is 9.59 Å². The Labute approximate surface area is 166 Å². The Bertz CT molecular complexity index is 818. The van der Waals surface area contributed by atoms with Crippen LogP contribution in [0.3, 0.4) is 0 Å². The lowest BCUT2D eigenvalue weighted by Crippen LogP contribution is -2.49. The zero-order valence-corrected chi connectivity index (χ0v) is 16.9. The molecule has 1 atom stereocenters. The van der Waals surface area contributed by atoms with Crippen molar-refractivity contribution in [2.24, 2.45) is 7.05 Å². The third-order valence-corrected chi connectivity index (χ3v) is 5.12. The maximum Gasteiger partial charge on any atom is 0.223 e. The number of ketones is 1. The number of amides is 1. The van der Waals surface area contributed by atoms with Crippen molar-refractivity contribution >= 4 is 24.1 Å². The summed E-state index contributed by atoms with van der Waals surface area (Å²) < 4.78 is 1.94. The Morgan fingerprint density at radius 3 is 2.67 bits per heavy atom. The molecule has 1 saturated heterocycles. The second kappa shape index (κ2) is 9.15. The van der Waals surface area contributed by atoms with Crippen LogP contribution in [-0.4, -0.2) is 45.8 Å². The van der Waals surface area contributed by atoms with Gasteiger partial charge in [-0.2, -0.15) is 0 Å². The number of nitrogens with zero attached hydrogens (tertiary/aromatic N) is 3. The third kappa shape index (κ3) is 4.76. The average Bonchev–Trinajstić information content (AvgIpc) is 3.07. The van der Waals surface area contributed by atoms with Gasteiger partial charge < -0.3 is 14.8 Å². The number of nitrogens with one attached hydrogen (secondary N) is 1. The summed E-state index contributed by atoms with van der Waals surface area (Å²) in [7, 11) is 1.93. The number of benzene rings is 1. The molecule has 1 N–H and O–H groups in total. The lowest BCUT2D eigenvalue weighted by atomic mass is 10.0. The number of aromatic nitrogens is 2. The summed E-state index contributed by atoms with van der Waals surface area (Å²) in [6, 6.07) is 5.62. The van der Waals surface area contributed by atoms with Crippen LogP contribution in [0, 0.1) is 13.8 Å². The molecular weight excluding hydrogens is 364 g/mol. The van der Waals surface area contributed by atoms with E-state index in [1.165, 1.54) is 0 Å². The largest absolute Gasteiger partial charge is 0.336 e. The fraction of sp³-hybridized carbons (Fsp3) is 0.450. The molecule has 1 aromatic heterocycles. The van der Waals surface area contributed by atoms with E-state index in [1.54, 1.807) is 6.20 Å². The van der Waals surface area contributed by atoms with E-state index in [4.69, 9.17) is 0 Å². The number of rotatable bonds is 5. The fourth-order valence-electron chi connectivity index (χ4n) is 3.36. The molecule has 0 bridgehead atoms. The summed E-state index contributed by atoms with van der Waals surface area (Å²) in [6.45, 7) is 6.10. The number of carbonyl (C=O) groups excluding carboxylic acids is 2. The van der Waals surface area contributed by atoms with E-state index in [-0.39, 0.29) is 43.0 Å². The Balaban J connectivity index is 0.00000261. The number of imidazole rings is 1. The van der Waals surface area contributed by atoms with E-state index in [0.717, 1.165) is 23.5 Å². The Morgan fingerprint density at radius 1 is 1.22 bits per heavy atom. The highest BCUT2D eigenvalue weighted by molar-refractivity contribution is 5.98. The topological polar surface area (TPSA) is 67.2 Å². The Kier molecular flexibility index (Phi) is 7.16. The third-order valence-electron chi connectivity index (χ3n) is 5.12. The van der Waals surface area contributed by atoms with Crippen molar-refractivity contribution in [1.82, 2.24) is 19.8 Å². The normalized spacial score (nSPS) is 16.7. The first-order chi connectivity index (χ1) is 12.5. The maximum atomic E-state index is 12.8. The van der Waals surface area contributed by atoms with Gasteiger partial charge in [-0.1, -0.05) is 12.1 Å². The summed E-state index contributed by atoms with van der Waals surface area (Å²) >= 11 is 0. The zero-order chi connectivity index (χ0) is 18.7. The number of carbonyl (C=O) groups is 2. The highest BCUT2D eigenvalue weighted by Crippen LogP contribution is 2.22. The monoisotopic (exact) mass is 390 g/mol. The van der Waals surface area contributed by atoms with Crippen LogP contribution in [0.25, 0.3) is 0 Å². The lowest BCUT2D eigenvalue weighted by Gasteiger charge is -2.35. The molecule has 6 nitrogen and oxygen atoms in total. The van der Waals surface area contributed by atoms with E-state index in [0.29, 0.717) is 18.7 Å². The molecule has 1 unspecified atom stereocenters. The van der Waals surface area contributed by atoms with Gasteiger partial charge in [-0.15, -0.1) is 12.4 Å². The fourth-order valence-corrected chi connectivity index (χ4v) is 3.36. The van der Waals surface area contributed by atoms with Crippen molar-refractivity contribution in [3.63, 3.8) is 0 Å². The molecule has 3 rings (SSSR count). The molecule has 2 aromatic rings. The molecule has 0 saturated carbocycles. The van der Waals surface area contributed by atoms with Crippen LogP contribution in [0.4, 0.5) is 0 Å². The number of halogens is 1. The standard InChI is InChI=1S/C20H26N4O2.ClH/c1-14-4-5-16(12-15(14)2)18(25)6-7-19(26)24-11-8-21-13-17(24)20-22-9-10-23(20)3;/h4-5,9-10,12,17,21H,6-8,11,13H2,1-3H3;1H. The molecule has 0 spiro atoms. The number of aryl methyl sites for hydroxylation is 3. The molecule has 27 heavy (non-hydrogen) atoms. The summed E-state index contributed by atoms with van der Waals surface area (Å²) in [5.74, 6) is 0.896. The summed E-state index contributed by atoms with van der Waals surface area (Å²) in [5.41, 5.74) is 2.94. The van der Waals surface area contributed by atoms with Gasteiger partial charge in [0.1, 0.15) is 11.9 Å². The van der Waals surface area contributed by atoms with Gasteiger partial charge in [0, 0.05) is 57.5 Å². The molecular formula is C20H27ClN4O2. The zero-order valence-electron chi connectivity index (χ0n) is 16.1. The molecule has 146 valence electrons. The summed E-state index contributed by atoms with van der Waals surface area (Å²) in [5, 5.41) is 3.32. The first kappa shape index (κ1) is 21.1. The van der Waals surface area contributed by atoms with E-state index >= 15 is 0 Å². The van der Waals surface area contributed by atoms with Crippen LogP contribution in [0.15, 0.2) is 30.6 Å². The van der Waals surface area contributed by atoms with E-state index in [1.807, 2.05) is 54.8 Å². The molecule has 0 aliphatic carbocycles. The Hall–Kier alpha value is -2.18. The first-order valence-corrected chi connectivity index (χ1v) is 9.05. The van der Waals surface area contributed by atoms with Gasteiger partial charge in [-0.25, -0.2) is 4.98 Å². The molecule has 2 heterocycles. The van der Waals surface area contributed by atoms with Crippen LogP contribution in [0.1, 0.15) is 46.2 Å². The second-order valence-electron chi connectivity index (χ2n) is 6.93. The predicted molar refractivity (Wildman–Crippen MR) is 107 cm³/mol. The minimum atomic E-state index is -0.0898. The van der Waals surface area contributed by atoms with Gasteiger partial charge in [0.2, 0.25) is 5.91 Å². The van der Waals surface area contributed by atoms with Crippen LogP contribution in [0.2, 0.25) is 0 Å². The quantitative estimate of drug-likeness (QED) is 0.797. The van der Waals surface area contributed by atoms with Crippen LogP contribution >= 0.6 is 12.4 Å². The molecule has 0 radical (unpaired) electrons. The summed E-state index contributed by atoms with van der Waals surface area (Å²) in [4.78, 5) is 31.5. The minimum Gasteiger partial charge on any atom is -0.336 e. The molecule has 1 aliphatic rings. The molecule has 1 amide bonds. The van der Waals surface area contributed by atoms with Crippen molar-refractivity contribution in [1.29, 1.82) is 0 Å². The molecule has 7 heteroatoms. The van der Waals surface area contributed by atoms with Gasteiger partial charge >= 0.3 is 0 Å². The maximum absolute atomic E-state index is 12.8. The molecule has 1 fully saturated rings. The molecule has 1 aromatic carbocycles. The van der Waals surface area contributed by atoms with Crippen LogP contribution in [0.5, 0.6) is 0 Å². The van der Waals surface area contributed by atoms with Crippen LogP contribution < -0.4 is 5.32 Å². The van der Waals surface area contributed by atoms with Crippen molar-refractivity contribution < 1.29 is 9.59 Å². The van der Waals surface area contributed by atoms with Crippen LogP contribution in [-0.2, 0) is 11.8 Å². The van der Waals surface area contributed by atoms with Gasteiger partial charge in [0.25, 0.3) is 0 Å². The number of Topliss-reactive ketones (excluding diaryl/α,β-unsaturated/α-hetero) is 1. The lowest BCUT2D eigenvalue weighted by molar-refractivity contribution is -0.134.